The van der Waals surface area contributed by atoms with Crippen LogP contribution in [0.3, 0.4) is 0 Å². The molecule has 142 valence electrons. The maximum atomic E-state index is 4.07. The summed E-state index contributed by atoms with van der Waals surface area (Å²) in [5.74, 6) is 0. The molecule has 2 nitrogen and oxygen atoms in total. The van der Waals surface area contributed by atoms with Gasteiger partial charge < -0.3 is 10.6 Å². The van der Waals surface area contributed by atoms with Gasteiger partial charge in [0.25, 0.3) is 0 Å². The molecule has 27 heavy (non-hydrogen) atoms. The van der Waals surface area contributed by atoms with Crippen LogP contribution in [0.1, 0.15) is 25.7 Å². The van der Waals surface area contributed by atoms with E-state index in [9.17, 15) is 0 Å². The minimum atomic E-state index is 0.740. The van der Waals surface area contributed by atoms with Crippen molar-refractivity contribution in [3.63, 3.8) is 0 Å². The Balaban J connectivity index is 2.26. The van der Waals surface area contributed by atoms with E-state index in [-0.39, 0.29) is 0 Å². The van der Waals surface area contributed by atoms with Crippen LogP contribution in [-0.4, -0.2) is 6.54 Å². The van der Waals surface area contributed by atoms with Crippen molar-refractivity contribution in [2.45, 2.75) is 25.7 Å². The third kappa shape index (κ3) is 10.6. The first-order valence-corrected chi connectivity index (χ1v) is 9.29. The zero-order valence-corrected chi connectivity index (χ0v) is 16.3. The maximum absolute atomic E-state index is 4.07. The van der Waals surface area contributed by atoms with Gasteiger partial charge in [0.05, 0.1) is 0 Å². The molecule has 0 bridgehead atoms. The van der Waals surface area contributed by atoms with E-state index < -0.39 is 0 Å². The second-order valence-electron chi connectivity index (χ2n) is 6.28. The van der Waals surface area contributed by atoms with Gasteiger partial charge in [-0.1, -0.05) is 75.4 Å². The molecule has 0 aliphatic heterocycles. The minimum Gasteiger partial charge on any atom is -0.388 e. The molecule has 0 saturated carbocycles. The molecule has 0 aromatic heterocycles. The first kappa shape index (κ1) is 22.0. The highest BCUT2D eigenvalue weighted by atomic mass is 14.9. The van der Waals surface area contributed by atoms with E-state index in [1.54, 1.807) is 6.08 Å². The molecule has 1 rings (SSSR count). The fourth-order valence-electron chi connectivity index (χ4n) is 2.33. The molecule has 0 heterocycles. The Morgan fingerprint density at radius 2 is 1.74 bits per heavy atom. The van der Waals surface area contributed by atoms with Crippen molar-refractivity contribution in [1.82, 2.24) is 10.6 Å². The molecular formula is C25H32N2. The average Bonchev–Trinajstić information content (AvgIpc) is 2.67. The van der Waals surface area contributed by atoms with E-state index in [1.807, 2.05) is 30.4 Å². The number of unbranched alkanes of at least 4 members (excludes halogenated alkanes) is 1. The topological polar surface area (TPSA) is 24.1 Å². The first-order chi connectivity index (χ1) is 13.0. The van der Waals surface area contributed by atoms with Crippen molar-refractivity contribution in [3.8, 4) is 0 Å². The van der Waals surface area contributed by atoms with Gasteiger partial charge in [0.15, 0.2) is 0 Å². The van der Waals surface area contributed by atoms with E-state index >= 15 is 0 Å². The minimum absolute atomic E-state index is 0.740. The van der Waals surface area contributed by atoms with Crippen molar-refractivity contribution in [3.05, 3.63) is 122 Å². The standard InChI is InChI=1S/C25H32N2/c1-6-7-15-23(4)27-24(5)19-18-22(3)21(2)14-10-9-13-20-26-25-16-11-8-12-17-25/h6-8,10-11,14-16,18-19,26-27H,1-5,9,12-13,17,20H2/b14-10-,15-7-,19-18-. The summed E-state index contributed by atoms with van der Waals surface area (Å²) in [5, 5.41) is 6.57. The molecule has 0 aromatic rings. The number of rotatable bonds is 13. The summed E-state index contributed by atoms with van der Waals surface area (Å²) in [7, 11) is 0. The molecule has 1 aliphatic carbocycles. The highest BCUT2D eigenvalue weighted by Gasteiger charge is 1.97. The Hall–Kier alpha value is -3.00. The lowest BCUT2D eigenvalue weighted by molar-refractivity contribution is 0.700. The summed E-state index contributed by atoms with van der Waals surface area (Å²) in [6, 6.07) is 0. The SMILES string of the molecule is C=C/C=C\C(=C)NC(=C)/C=C\C(=C)C(=C)/C=C\CCCNC1=CC=CCC1. The van der Waals surface area contributed by atoms with Gasteiger partial charge in [0, 0.05) is 23.6 Å². The Morgan fingerprint density at radius 3 is 2.44 bits per heavy atom. The Morgan fingerprint density at radius 1 is 1.00 bits per heavy atom. The fraction of sp³-hybridized carbons (Fsp3) is 0.200. The van der Waals surface area contributed by atoms with Gasteiger partial charge >= 0.3 is 0 Å². The van der Waals surface area contributed by atoms with E-state index in [4.69, 9.17) is 0 Å². The van der Waals surface area contributed by atoms with Crippen LogP contribution < -0.4 is 10.6 Å². The normalized spacial score (nSPS) is 13.7. The summed E-state index contributed by atoms with van der Waals surface area (Å²) < 4.78 is 0. The van der Waals surface area contributed by atoms with Crippen molar-refractivity contribution in [2.75, 3.05) is 6.54 Å². The zero-order valence-electron chi connectivity index (χ0n) is 16.3. The number of hydrogen-bond acceptors (Lipinski definition) is 2. The lowest BCUT2D eigenvalue weighted by atomic mass is 10.1. The Bertz CT molecular complexity index is 709. The summed E-state index contributed by atoms with van der Waals surface area (Å²) in [6.45, 7) is 20.6. The number of allylic oxidation sites excluding steroid dienone is 13. The summed E-state index contributed by atoms with van der Waals surface area (Å²) in [6.07, 6.45) is 24.1. The molecule has 0 atom stereocenters. The van der Waals surface area contributed by atoms with Crippen LogP contribution >= 0.6 is 0 Å². The molecule has 2 heteroatoms. The molecule has 0 amide bonds. The Kier molecular flexibility index (Phi) is 10.8. The third-order valence-corrected chi connectivity index (χ3v) is 3.89. The second-order valence-corrected chi connectivity index (χ2v) is 6.28. The predicted molar refractivity (Wildman–Crippen MR) is 121 cm³/mol. The molecule has 0 saturated heterocycles. The molecular weight excluding hydrogens is 328 g/mol. The summed E-state index contributed by atoms with van der Waals surface area (Å²) >= 11 is 0. The van der Waals surface area contributed by atoms with Gasteiger partial charge in [0.2, 0.25) is 0 Å². The molecule has 0 spiro atoms. The highest BCUT2D eigenvalue weighted by Crippen LogP contribution is 2.11. The van der Waals surface area contributed by atoms with Crippen LogP contribution in [0.4, 0.5) is 0 Å². The van der Waals surface area contributed by atoms with Crippen molar-refractivity contribution < 1.29 is 0 Å². The number of hydrogen-bond donors (Lipinski definition) is 2. The lowest BCUT2D eigenvalue weighted by Crippen LogP contribution is -2.15. The molecule has 1 aliphatic rings. The van der Waals surface area contributed by atoms with E-state index in [0.29, 0.717) is 0 Å². The quantitative estimate of drug-likeness (QED) is 0.303. The van der Waals surface area contributed by atoms with Gasteiger partial charge in [0.1, 0.15) is 0 Å². The van der Waals surface area contributed by atoms with E-state index in [0.717, 1.165) is 54.8 Å². The van der Waals surface area contributed by atoms with E-state index in [1.165, 1.54) is 5.70 Å². The third-order valence-electron chi connectivity index (χ3n) is 3.89. The van der Waals surface area contributed by atoms with Crippen LogP contribution in [0.5, 0.6) is 0 Å². The van der Waals surface area contributed by atoms with Crippen LogP contribution in [0, 0.1) is 0 Å². The van der Waals surface area contributed by atoms with Crippen molar-refractivity contribution >= 4 is 0 Å². The molecule has 0 radical (unpaired) electrons. The largest absolute Gasteiger partial charge is 0.388 e. The molecule has 2 N–H and O–H groups in total. The zero-order chi connectivity index (χ0) is 19.9. The first-order valence-electron chi connectivity index (χ1n) is 9.29. The predicted octanol–water partition coefficient (Wildman–Crippen LogP) is 6.17. The van der Waals surface area contributed by atoms with Crippen LogP contribution in [0.25, 0.3) is 0 Å². The van der Waals surface area contributed by atoms with Gasteiger partial charge in [-0.05, 0) is 55.1 Å². The summed E-state index contributed by atoms with van der Waals surface area (Å²) in [5.41, 5.74) is 4.59. The van der Waals surface area contributed by atoms with Crippen molar-refractivity contribution in [1.29, 1.82) is 0 Å². The average molecular weight is 361 g/mol. The monoisotopic (exact) mass is 360 g/mol. The maximum Gasteiger partial charge on any atom is 0.0311 e. The second kappa shape index (κ2) is 13.2. The summed E-state index contributed by atoms with van der Waals surface area (Å²) in [4.78, 5) is 0. The molecule has 0 aromatic carbocycles. The van der Waals surface area contributed by atoms with Gasteiger partial charge in [-0.2, -0.15) is 0 Å². The van der Waals surface area contributed by atoms with E-state index in [2.05, 4.69) is 67.8 Å². The Labute approximate surface area is 165 Å². The lowest BCUT2D eigenvalue weighted by Gasteiger charge is -2.11. The van der Waals surface area contributed by atoms with Gasteiger partial charge in [-0.3, -0.25) is 0 Å². The molecule has 0 fully saturated rings. The van der Waals surface area contributed by atoms with Crippen LogP contribution in [-0.2, 0) is 0 Å². The van der Waals surface area contributed by atoms with Crippen LogP contribution in [0.15, 0.2) is 122 Å². The van der Waals surface area contributed by atoms with Crippen LogP contribution in [0.2, 0.25) is 0 Å². The fourth-order valence-corrected chi connectivity index (χ4v) is 2.33. The molecule has 0 unspecified atom stereocenters. The highest BCUT2D eigenvalue weighted by molar-refractivity contribution is 5.44. The smallest absolute Gasteiger partial charge is 0.0311 e. The van der Waals surface area contributed by atoms with Gasteiger partial charge in [-0.15, -0.1) is 0 Å². The number of nitrogens with one attached hydrogen (secondary N) is 2. The van der Waals surface area contributed by atoms with Gasteiger partial charge in [-0.25, -0.2) is 0 Å². The van der Waals surface area contributed by atoms with Crippen molar-refractivity contribution in [2.24, 2.45) is 0 Å².